The summed E-state index contributed by atoms with van der Waals surface area (Å²) in [5.74, 6) is -2.89. The number of benzene rings is 2. The molecule has 0 spiro atoms. The molecule has 0 aromatic heterocycles. The van der Waals surface area contributed by atoms with Crippen molar-refractivity contribution in [3.05, 3.63) is 64.7 Å². The van der Waals surface area contributed by atoms with Crippen LogP contribution in [0.15, 0.2) is 36.4 Å². The number of nitrogens with two attached hydrogens (primary N) is 1. The maximum absolute atomic E-state index is 13.8. The maximum Gasteiger partial charge on any atom is 0.416 e. The molecule has 2 aromatic rings. The Kier molecular flexibility index (Phi) is 4.70. The lowest BCUT2D eigenvalue weighted by molar-refractivity contribution is -0.137. The van der Waals surface area contributed by atoms with Gasteiger partial charge in [0.2, 0.25) is 5.91 Å². The molecule has 2 unspecified atom stereocenters. The summed E-state index contributed by atoms with van der Waals surface area (Å²) in [6, 6.07) is 6.08. The number of hydrogen-bond donors (Lipinski definition) is 2. The molecule has 1 aliphatic rings. The van der Waals surface area contributed by atoms with Gasteiger partial charge in [-0.2, -0.15) is 13.2 Å². The smallest absolute Gasteiger partial charge is 0.326 e. The Balaban J connectivity index is 1.76. The van der Waals surface area contributed by atoms with Gasteiger partial charge in [0.05, 0.1) is 5.56 Å². The highest BCUT2D eigenvalue weighted by Crippen LogP contribution is 2.49. The number of carbonyl (C=O) groups excluding carboxylic acids is 1. The van der Waals surface area contributed by atoms with Crippen molar-refractivity contribution in [1.82, 2.24) is 0 Å². The second-order valence-corrected chi connectivity index (χ2v) is 6.22. The number of nitrogens with one attached hydrogen (secondary N) is 1. The second-order valence-electron chi connectivity index (χ2n) is 6.22. The quantitative estimate of drug-likeness (QED) is 0.793. The zero-order valence-corrected chi connectivity index (χ0v) is 13.4. The summed E-state index contributed by atoms with van der Waals surface area (Å²) in [4.78, 5) is 12.3. The van der Waals surface area contributed by atoms with E-state index in [4.69, 9.17) is 5.73 Å². The Morgan fingerprint density at radius 3 is 2.54 bits per heavy atom. The van der Waals surface area contributed by atoms with Gasteiger partial charge in [0.25, 0.3) is 0 Å². The van der Waals surface area contributed by atoms with Crippen LogP contribution < -0.4 is 11.1 Å². The van der Waals surface area contributed by atoms with Gasteiger partial charge < -0.3 is 11.1 Å². The number of carbonyl (C=O) groups is 1. The fraction of sp³-hybridized carbons (Fsp3) is 0.278. The number of hydrogen-bond acceptors (Lipinski definition) is 2. The zero-order valence-electron chi connectivity index (χ0n) is 13.4. The van der Waals surface area contributed by atoms with E-state index in [1.165, 1.54) is 6.07 Å². The van der Waals surface area contributed by atoms with Crippen molar-refractivity contribution in [3.8, 4) is 0 Å². The molecule has 0 bridgehead atoms. The monoisotopic (exact) mass is 370 g/mol. The zero-order chi connectivity index (χ0) is 19.1. The lowest BCUT2D eigenvalue weighted by atomic mass is 10.1. The normalized spacial score (nSPS) is 19.3. The minimum atomic E-state index is -4.57. The topological polar surface area (TPSA) is 55.1 Å². The first-order valence-corrected chi connectivity index (χ1v) is 7.86. The van der Waals surface area contributed by atoms with Crippen molar-refractivity contribution in [1.29, 1.82) is 0 Å². The largest absolute Gasteiger partial charge is 0.416 e. The standard InChI is InChI=1S/C18H15F5N2O/c19-11-1-2-16(20)14(6-11)13-7-15(13)17(26)25-12-4-9(8-24)3-10(5-12)18(21,22)23/h1-6,13,15H,7-8,24H2,(H,25,26). The van der Waals surface area contributed by atoms with Crippen LogP contribution in [-0.2, 0) is 17.5 Å². The fourth-order valence-corrected chi connectivity index (χ4v) is 2.91. The number of halogens is 5. The lowest BCUT2D eigenvalue weighted by Crippen LogP contribution is -2.16. The summed E-state index contributed by atoms with van der Waals surface area (Å²) in [6.07, 6.45) is -4.27. The summed E-state index contributed by atoms with van der Waals surface area (Å²) < 4.78 is 65.8. The van der Waals surface area contributed by atoms with Gasteiger partial charge in [-0.3, -0.25) is 4.79 Å². The minimum absolute atomic E-state index is 0.0318. The Bertz CT molecular complexity index is 850. The number of rotatable bonds is 4. The Morgan fingerprint density at radius 1 is 1.15 bits per heavy atom. The molecule has 0 radical (unpaired) electrons. The predicted octanol–water partition coefficient (Wildman–Crippen LogP) is 4.18. The predicted molar refractivity (Wildman–Crippen MR) is 85.2 cm³/mol. The third-order valence-electron chi connectivity index (χ3n) is 4.31. The lowest BCUT2D eigenvalue weighted by Gasteiger charge is -2.12. The summed E-state index contributed by atoms with van der Waals surface area (Å²) in [7, 11) is 0. The van der Waals surface area contributed by atoms with Gasteiger partial charge >= 0.3 is 6.18 Å². The average molecular weight is 370 g/mol. The van der Waals surface area contributed by atoms with E-state index in [0.717, 1.165) is 30.3 Å². The van der Waals surface area contributed by atoms with Gasteiger partial charge in [-0.1, -0.05) is 0 Å². The molecule has 1 saturated carbocycles. The van der Waals surface area contributed by atoms with Gasteiger partial charge in [0.1, 0.15) is 11.6 Å². The molecule has 3 rings (SSSR count). The van der Waals surface area contributed by atoms with Crippen LogP contribution in [0.3, 0.4) is 0 Å². The SMILES string of the molecule is NCc1cc(NC(=O)C2CC2c2cc(F)ccc2F)cc(C(F)(F)F)c1. The molecule has 2 atom stereocenters. The molecule has 0 heterocycles. The van der Waals surface area contributed by atoms with E-state index < -0.39 is 41.1 Å². The molecule has 3 nitrogen and oxygen atoms in total. The maximum atomic E-state index is 13.8. The van der Waals surface area contributed by atoms with Gasteiger partial charge in [-0.15, -0.1) is 0 Å². The third kappa shape index (κ3) is 3.85. The molecule has 3 N–H and O–H groups in total. The van der Waals surface area contributed by atoms with Crippen LogP contribution in [0, 0.1) is 17.6 Å². The van der Waals surface area contributed by atoms with Crippen LogP contribution in [0.25, 0.3) is 0 Å². The highest BCUT2D eigenvalue weighted by molar-refractivity contribution is 5.95. The first-order chi connectivity index (χ1) is 12.2. The van der Waals surface area contributed by atoms with Gasteiger partial charge in [0.15, 0.2) is 0 Å². The van der Waals surface area contributed by atoms with E-state index in [2.05, 4.69) is 5.32 Å². The molecule has 0 aliphatic heterocycles. The first kappa shape index (κ1) is 18.3. The summed E-state index contributed by atoms with van der Waals surface area (Å²) in [6.45, 7) is -0.118. The molecule has 1 aliphatic carbocycles. The van der Waals surface area contributed by atoms with E-state index in [-0.39, 0.29) is 23.4 Å². The summed E-state index contributed by atoms with van der Waals surface area (Å²) in [5.41, 5.74) is 4.77. The van der Waals surface area contributed by atoms with E-state index in [1.807, 2.05) is 0 Å². The van der Waals surface area contributed by atoms with Crippen LogP contribution in [0.2, 0.25) is 0 Å². The Labute approximate surface area is 146 Å². The third-order valence-corrected chi connectivity index (χ3v) is 4.31. The molecule has 1 fully saturated rings. The number of alkyl halides is 3. The van der Waals surface area contributed by atoms with Gasteiger partial charge in [0, 0.05) is 18.2 Å². The van der Waals surface area contributed by atoms with Gasteiger partial charge in [-0.25, -0.2) is 8.78 Å². The Hall–Kier alpha value is -2.48. The summed E-state index contributed by atoms with van der Waals surface area (Å²) >= 11 is 0. The molecule has 8 heteroatoms. The van der Waals surface area contributed by atoms with Crippen LogP contribution in [0.5, 0.6) is 0 Å². The van der Waals surface area contributed by atoms with Crippen molar-refractivity contribution in [3.63, 3.8) is 0 Å². The molecular formula is C18H15F5N2O. The van der Waals surface area contributed by atoms with E-state index in [9.17, 15) is 26.7 Å². The van der Waals surface area contributed by atoms with E-state index in [0.29, 0.717) is 6.42 Å². The van der Waals surface area contributed by atoms with Crippen LogP contribution in [-0.4, -0.2) is 5.91 Å². The number of amides is 1. The second kappa shape index (κ2) is 6.68. The molecule has 2 aromatic carbocycles. The number of anilines is 1. The molecule has 138 valence electrons. The summed E-state index contributed by atoms with van der Waals surface area (Å²) in [5, 5.41) is 2.41. The van der Waals surface area contributed by atoms with Crippen molar-refractivity contribution in [2.24, 2.45) is 11.7 Å². The van der Waals surface area contributed by atoms with Crippen molar-refractivity contribution in [2.75, 3.05) is 5.32 Å². The minimum Gasteiger partial charge on any atom is -0.326 e. The fourth-order valence-electron chi connectivity index (χ4n) is 2.91. The Morgan fingerprint density at radius 2 is 1.88 bits per heavy atom. The average Bonchev–Trinajstić information content (AvgIpc) is 3.36. The van der Waals surface area contributed by atoms with Crippen LogP contribution in [0.1, 0.15) is 29.0 Å². The van der Waals surface area contributed by atoms with Crippen molar-refractivity contribution < 1.29 is 26.7 Å². The van der Waals surface area contributed by atoms with Crippen molar-refractivity contribution in [2.45, 2.75) is 25.1 Å². The first-order valence-electron chi connectivity index (χ1n) is 7.86. The highest BCUT2D eigenvalue weighted by atomic mass is 19.4. The molecule has 1 amide bonds. The van der Waals surface area contributed by atoms with Crippen molar-refractivity contribution >= 4 is 11.6 Å². The molecule has 0 saturated heterocycles. The van der Waals surface area contributed by atoms with Crippen LogP contribution >= 0.6 is 0 Å². The van der Waals surface area contributed by atoms with E-state index >= 15 is 0 Å². The highest BCUT2D eigenvalue weighted by Gasteiger charge is 2.45. The van der Waals surface area contributed by atoms with Crippen LogP contribution in [0.4, 0.5) is 27.6 Å². The molecule has 26 heavy (non-hydrogen) atoms. The molecular weight excluding hydrogens is 355 g/mol. The van der Waals surface area contributed by atoms with E-state index in [1.54, 1.807) is 0 Å². The van der Waals surface area contributed by atoms with Gasteiger partial charge in [-0.05, 0) is 59.9 Å².